The molecule has 1 amide bonds. The Morgan fingerprint density at radius 2 is 1.89 bits per heavy atom. The fraction of sp³-hybridized carbons (Fsp3) is 0.188. The van der Waals surface area contributed by atoms with Crippen LogP contribution in [0.25, 0.3) is 0 Å². The van der Waals surface area contributed by atoms with Crippen molar-refractivity contribution in [1.82, 2.24) is 0 Å². The first kappa shape index (κ1) is 21.5. The number of carbonyl (C=O) groups excluding carboxylic acids is 1. The molecule has 1 N–H and O–H groups in total. The van der Waals surface area contributed by atoms with Gasteiger partial charge in [0.25, 0.3) is 0 Å². The molecule has 0 fully saturated rings. The molecule has 0 aliphatic carbocycles. The van der Waals surface area contributed by atoms with Crippen molar-refractivity contribution in [2.75, 3.05) is 22.4 Å². The van der Waals surface area contributed by atoms with Crippen LogP contribution in [0.3, 0.4) is 0 Å². The van der Waals surface area contributed by atoms with Gasteiger partial charge in [0.05, 0.1) is 22.5 Å². The lowest BCUT2D eigenvalue weighted by Crippen LogP contribution is -2.37. The predicted octanol–water partition coefficient (Wildman–Crippen LogP) is 4.53. The summed E-state index contributed by atoms with van der Waals surface area (Å²) in [7, 11) is -4.01. The minimum atomic E-state index is -4.64. The summed E-state index contributed by atoms with van der Waals surface area (Å²) in [4.78, 5) is 12.2. The number of hydrogen-bond donors (Lipinski definition) is 1. The summed E-state index contributed by atoms with van der Waals surface area (Å²) in [5.41, 5.74) is -0.976. The summed E-state index contributed by atoms with van der Waals surface area (Å²) in [6, 6.07) is 8.29. The van der Waals surface area contributed by atoms with Gasteiger partial charge in [-0.1, -0.05) is 17.7 Å². The van der Waals surface area contributed by atoms with Crippen LogP contribution in [0, 0.1) is 0 Å². The number of nitrogens with zero attached hydrogens (tertiary/aromatic N) is 1. The number of sulfonamides is 1. The molecule has 2 rings (SSSR count). The van der Waals surface area contributed by atoms with Crippen molar-refractivity contribution in [3.05, 3.63) is 57.5 Å². The van der Waals surface area contributed by atoms with Gasteiger partial charge in [-0.05, 0) is 52.3 Å². The van der Waals surface area contributed by atoms with Crippen molar-refractivity contribution in [1.29, 1.82) is 0 Å². The maximum Gasteiger partial charge on any atom is 0.416 e. The van der Waals surface area contributed by atoms with E-state index in [-0.39, 0.29) is 5.69 Å². The molecule has 0 aliphatic rings. The lowest BCUT2D eigenvalue weighted by atomic mass is 10.2. The van der Waals surface area contributed by atoms with Gasteiger partial charge in [-0.15, -0.1) is 0 Å². The highest BCUT2D eigenvalue weighted by atomic mass is 79.9. The predicted molar refractivity (Wildman–Crippen MR) is 101 cm³/mol. The highest BCUT2D eigenvalue weighted by Crippen LogP contribution is 2.32. The summed E-state index contributed by atoms with van der Waals surface area (Å²) >= 11 is 9.11. The van der Waals surface area contributed by atoms with Crippen molar-refractivity contribution >= 4 is 54.8 Å². The van der Waals surface area contributed by atoms with Crippen LogP contribution in [-0.2, 0) is 21.0 Å². The van der Waals surface area contributed by atoms with Crippen LogP contribution in [0.4, 0.5) is 24.5 Å². The van der Waals surface area contributed by atoms with Crippen molar-refractivity contribution in [3.63, 3.8) is 0 Å². The lowest BCUT2D eigenvalue weighted by molar-refractivity contribution is -0.137. The van der Waals surface area contributed by atoms with E-state index in [1.54, 1.807) is 6.07 Å². The first-order chi connectivity index (χ1) is 12.4. The zero-order valence-electron chi connectivity index (χ0n) is 13.7. The number of halogens is 5. The number of alkyl halides is 3. The van der Waals surface area contributed by atoms with Gasteiger partial charge in [0.1, 0.15) is 6.54 Å². The van der Waals surface area contributed by atoms with Gasteiger partial charge in [-0.3, -0.25) is 9.10 Å². The number of carbonyl (C=O) groups is 1. The fourth-order valence-corrected chi connectivity index (χ4v) is 3.42. The summed E-state index contributed by atoms with van der Waals surface area (Å²) in [6.07, 6.45) is -3.84. The Morgan fingerprint density at radius 3 is 2.44 bits per heavy atom. The Bertz CT molecular complexity index is 968. The highest BCUT2D eigenvalue weighted by molar-refractivity contribution is 9.10. The van der Waals surface area contributed by atoms with Crippen LogP contribution < -0.4 is 9.62 Å². The van der Waals surface area contributed by atoms with Gasteiger partial charge in [-0.2, -0.15) is 13.2 Å². The van der Waals surface area contributed by atoms with Crippen LogP contribution in [0.5, 0.6) is 0 Å². The summed E-state index contributed by atoms with van der Waals surface area (Å²) in [5, 5.41) is 2.78. The number of amides is 1. The van der Waals surface area contributed by atoms with E-state index < -0.39 is 34.2 Å². The van der Waals surface area contributed by atoms with E-state index in [0.717, 1.165) is 18.4 Å². The molecule has 0 bridgehead atoms. The molecule has 0 unspecified atom stereocenters. The second-order valence-electron chi connectivity index (χ2n) is 5.49. The van der Waals surface area contributed by atoms with Gasteiger partial charge < -0.3 is 5.32 Å². The van der Waals surface area contributed by atoms with Gasteiger partial charge in [0, 0.05) is 10.2 Å². The van der Waals surface area contributed by atoms with Gasteiger partial charge in [0.2, 0.25) is 15.9 Å². The molecule has 0 aromatic heterocycles. The van der Waals surface area contributed by atoms with E-state index in [1.165, 1.54) is 18.2 Å². The van der Waals surface area contributed by atoms with Crippen LogP contribution in [0.1, 0.15) is 5.56 Å². The Kier molecular flexibility index (Phi) is 6.43. The van der Waals surface area contributed by atoms with Crippen molar-refractivity contribution in [3.8, 4) is 0 Å². The highest BCUT2D eigenvalue weighted by Gasteiger charge is 2.32. The Balaban J connectivity index is 2.27. The molecule has 2 aromatic carbocycles. The van der Waals surface area contributed by atoms with Gasteiger partial charge >= 0.3 is 6.18 Å². The second kappa shape index (κ2) is 8.07. The largest absolute Gasteiger partial charge is 0.416 e. The minimum Gasteiger partial charge on any atom is -0.324 e. The Morgan fingerprint density at radius 1 is 1.22 bits per heavy atom. The average Bonchev–Trinajstić information content (AvgIpc) is 2.54. The quantitative estimate of drug-likeness (QED) is 0.677. The molecule has 0 atom stereocenters. The van der Waals surface area contributed by atoms with Crippen LogP contribution in [0.15, 0.2) is 46.9 Å². The number of rotatable bonds is 5. The smallest absolute Gasteiger partial charge is 0.324 e. The second-order valence-corrected chi connectivity index (χ2v) is 8.66. The molecule has 5 nitrogen and oxygen atoms in total. The molecule has 0 saturated heterocycles. The van der Waals surface area contributed by atoms with Crippen molar-refractivity contribution in [2.24, 2.45) is 0 Å². The molecular weight excluding hydrogens is 473 g/mol. The zero-order valence-corrected chi connectivity index (χ0v) is 16.9. The Labute approximate surface area is 167 Å². The van der Waals surface area contributed by atoms with Crippen LogP contribution in [-0.4, -0.2) is 27.1 Å². The summed E-state index contributed by atoms with van der Waals surface area (Å²) in [5.74, 6) is -0.740. The molecule has 0 radical (unpaired) electrons. The Hall–Kier alpha value is -1.78. The first-order valence-corrected chi connectivity index (χ1v) is 10.3. The molecular formula is C16H13BrClF3N2O3S. The maximum absolute atomic E-state index is 12.9. The van der Waals surface area contributed by atoms with E-state index in [9.17, 15) is 26.4 Å². The molecule has 0 heterocycles. The van der Waals surface area contributed by atoms with Crippen LogP contribution in [0.2, 0.25) is 5.02 Å². The monoisotopic (exact) mass is 484 g/mol. The third kappa shape index (κ3) is 5.85. The number of hydrogen-bond acceptors (Lipinski definition) is 3. The van der Waals surface area contributed by atoms with E-state index in [1.807, 2.05) is 0 Å². The minimum absolute atomic E-state index is 0.267. The number of nitrogens with one attached hydrogen (secondary N) is 1. The van der Waals surface area contributed by atoms with Crippen molar-refractivity contribution in [2.45, 2.75) is 6.18 Å². The van der Waals surface area contributed by atoms with Crippen LogP contribution >= 0.6 is 27.5 Å². The average molecular weight is 486 g/mol. The summed E-state index contributed by atoms with van der Waals surface area (Å²) < 4.78 is 63.9. The maximum atomic E-state index is 12.9. The van der Waals surface area contributed by atoms with Gasteiger partial charge in [-0.25, -0.2) is 8.42 Å². The van der Waals surface area contributed by atoms with E-state index in [2.05, 4.69) is 21.2 Å². The zero-order chi connectivity index (χ0) is 20.4. The van der Waals surface area contributed by atoms with Gasteiger partial charge in [0.15, 0.2) is 0 Å². The number of benzene rings is 2. The SMILES string of the molecule is CS(=O)(=O)N(CC(=O)Nc1ccc(Br)c(Cl)c1)c1cccc(C(F)(F)F)c1. The van der Waals surface area contributed by atoms with E-state index in [0.29, 0.717) is 25.6 Å². The third-order valence-electron chi connectivity index (χ3n) is 3.35. The summed E-state index contributed by atoms with van der Waals surface area (Å²) in [6.45, 7) is -0.701. The normalized spacial score (nSPS) is 11.9. The third-order valence-corrected chi connectivity index (χ3v) is 5.73. The molecule has 146 valence electrons. The standard InChI is InChI=1S/C16H13BrClF3N2O3S/c1-27(25,26)23(12-4-2-3-10(7-12)16(19,20)21)9-15(24)22-11-5-6-13(17)14(18)8-11/h2-8H,9H2,1H3,(H,22,24). The lowest BCUT2D eigenvalue weighted by Gasteiger charge is -2.23. The molecule has 2 aromatic rings. The molecule has 0 spiro atoms. The molecule has 0 aliphatic heterocycles. The molecule has 0 saturated carbocycles. The molecule has 27 heavy (non-hydrogen) atoms. The topological polar surface area (TPSA) is 66.5 Å². The molecule has 11 heteroatoms. The number of anilines is 2. The fourth-order valence-electron chi connectivity index (χ4n) is 2.14. The van der Waals surface area contributed by atoms with Crippen molar-refractivity contribution < 1.29 is 26.4 Å². The first-order valence-electron chi connectivity index (χ1n) is 7.28. The van der Waals surface area contributed by atoms with E-state index in [4.69, 9.17) is 11.6 Å². The van der Waals surface area contributed by atoms with E-state index >= 15 is 0 Å².